The molecule has 0 N–H and O–H groups in total. The van der Waals surface area contributed by atoms with Gasteiger partial charge in [-0.25, -0.2) is 9.67 Å². The van der Waals surface area contributed by atoms with E-state index in [0.29, 0.717) is 25.3 Å². The zero-order valence-corrected chi connectivity index (χ0v) is 15.2. The lowest BCUT2D eigenvalue weighted by atomic mass is 9.97. The highest BCUT2D eigenvalue weighted by atomic mass is 16.7. The largest absolute Gasteiger partial charge is 0.350 e. The molecule has 0 saturated carbocycles. The van der Waals surface area contributed by atoms with Gasteiger partial charge in [0.2, 0.25) is 0 Å². The Kier molecular flexibility index (Phi) is 4.74. The normalized spacial score (nSPS) is 21.3. The Labute approximate surface area is 152 Å². The summed E-state index contributed by atoms with van der Waals surface area (Å²) in [7, 11) is 0. The molecule has 4 rings (SSSR count). The maximum absolute atomic E-state index is 12.9. The van der Waals surface area contributed by atoms with E-state index in [1.807, 2.05) is 36.9 Å². The minimum atomic E-state index is -0.169. The highest BCUT2D eigenvalue weighted by Gasteiger charge is 2.33. The molecule has 4 heterocycles. The van der Waals surface area contributed by atoms with E-state index in [2.05, 4.69) is 10.1 Å². The van der Waals surface area contributed by atoms with Gasteiger partial charge in [-0.3, -0.25) is 4.79 Å². The number of piperidine rings is 1. The van der Waals surface area contributed by atoms with Crippen molar-refractivity contribution in [1.82, 2.24) is 19.7 Å². The molecule has 7 nitrogen and oxygen atoms in total. The lowest BCUT2D eigenvalue weighted by Crippen LogP contribution is -2.43. The highest BCUT2D eigenvalue weighted by molar-refractivity contribution is 5.94. The molecule has 0 bridgehead atoms. The number of hydrogen-bond donors (Lipinski definition) is 0. The van der Waals surface area contributed by atoms with Crippen LogP contribution in [0.3, 0.4) is 0 Å². The number of pyridine rings is 1. The molecular formula is C19H24N4O3. The number of aryl methyl sites for hydroxylation is 2. The Morgan fingerprint density at radius 2 is 2.04 bits per heavy atom. The van der Waals surface area contributed by atoms with E-state index >= 15 is 0 Å². The molecule has 138 valence electrons. The molecule has 0 aliphatic carbocycles. The predicted molar refractivity (Wildman–Crippen MR) is 95.2 cm³/mol. The van der Waals surface area contributed by atoms with Crippen molar-refractivity contribution in [2.75, 3.05) is 26.3 Å². The van der Waals surface area contributed by atoms with Crippen LogP contribution in [-0.4, -0.2) is 58.2 Å². The van der Waals surface area contributed by atoms with Crippen LogP contribution in [0.15, 0.2) is 24.4 Å². The Balaban J connectivity index is 1.46. The van der Waals surface area contributed by atoms with Crippen molar-refractivity contribution in [2.45, 2.75) is 33.0 Å². The third-order valence-corrected chi connectivity index (χ3v) is 5.00. The van der Waals surface area contributed by atoms with E-state index in [1.54, 1.807) is 10.9 Å². The number of ether oxygens (including phenoxy) is 2. The topological polar surface area (TPSA) is 69.5 Å². The number of likely N-dealkylation sites (tertiary alicyclic amines) is 1. The van der Waals surface area contributed by atoms with Gasteiger partial charge in [0.05, 0.1) is 24.5 Å². The predicted octanol–water partition coefficient (Wildman–Crippen LogP) is 2.11. The smallest absolute Gasteiger partial charge is 0.255 e. The van der Waals surface area contributed by atoms with Crippen molar-refractivity contribution in [3.8, 4) is 5.82 Å². The molecule has 2 aliphatic heterocycles. The van der Waals surface area contributed by atoms with Crippen LogP contribution in [0.1, 0.15) is 34.6 Å². The lowest BCUT2D eigenvalue weighted by Gasteiger charge is -2.34. The molecule has 2 aromatic heterocycles. The molecule has 0 aromatic carbocycles. The van der Waals surface area contributed by atoms with Gasteiger partial charge in [0.15, 0.2) is 12.1 Å². The molecule has 7 heteroatoms. The average Bonchev–Trinajstić information content (AvgIpc) is 3.31. The van der Waals surface area contributed by atoms with E-state index in [-0.39, 0.29) is 18.1 Å². The summed E-state index contributed by atoms with van der Waals surface area (Å²) < 4.78 is 13.0. The molecular weight excluding hydrogens is 332 g/mol. The number of rotatable bonds is 3. The Morgan fingerprint density at radius 1 is 1.23 bits per heavy atom. The molecule has 2 saturated heterocycles. The summed E-state index contributed by atoms with van der Waals surface area (Å²) in [4.78, 5) is 19.2. The van der Waals surface area contributed by atoms with Crippen LogP contribution in [0.4, 0.5) is 0 Å². The minimum Gasteiger partial charge on any atom is -0.350 e. The highest BCUT2D eigenvalue weighted by Crippen LogP contribution is 2.26. The lowest BCUT2D eigenvalue weighted by molar-refractivity contribution is -0.0969. The van der Waals surface area contributed by atoms with Crippen LogP contribution in [0.2, 0.25) is 0 Å². The van der Waals surface area contributed by atoms with Gasteiger partial charge in [-0.05, 0) is 44.9 Å². The third-order valence-electron chi connectivity index (χ3n) is 5.00. The van der Waals surface area contributed by atoms with Crippen molar-refractivity contribution >= 4 is 5.91 Å². The molecule has 2 fully saturated rings. The summed E-state index contributed by atoms with van der Waals surface area (Å²) in [6.45, 7) is 6.66. The number of hydrogen-bond acceptors (Lipinski definition) is 5. The van der Waals surface area contributed by atoms with Crippen molar-refractivity contribution in [3.05, 3.63) is 41.3 Å². The van der Waals surface area contributed by atoms with E-state index < -0.39 is 0 Å². The molecule has 0 radical (unpaired) electrons. The van der Waals surface area contributed by atoms with Crippen LogP contribution in [0.25, 0.3) is 5.82 Å². The number of carbonyl (C=O) groups excluding carboxylic acids is 1. The van der Waals surface area contributed by atoms with Gasteiger partial charge in [-0.2, -0.15) is 5.10 Å². The third kappa shape index (κ3) is 3.37. The zero-order valence-electron chi connectivity index (χ0n) is 15.2. The van der Waals surface area contributed by atoms with Gasteiger partial charge in [0.1, 0.15) is 0 Å². The Hall–Kier alpha value is -2.25. The standard InChI is InChI=1S/C19H24N4O3/c1-13-10-14(2)23(21-13)17-6-5-15(11-20-17)18(24)22-7-3-4-16(12-22)19-25-8-9-26-19/h5-6,10-11,16,19H,3-4,7-9,12H2,1-2H3. The average molecular weight is 356 g/mol. The fraction of sp³-hybridized carbons (Fsp3) is 0.526. The van der Waals surface area contributed by atoms with Gasteiger partial charge in [0, 0.05) is 30.9 Å². The van der Waals surface area contributed by atoms with Crippen LogP contribution in [0, 0.1) is 19.8 Å². The Bertz CT molecular complexity index is 781. The summed E-state index contributed by atoms with van der Waals surface area (Å²) in [5, 5.41) is 4.43. The van der Waals surface area contributed by atoms with Crippen LogP contribution in [0.5, 0.6) is 0 Å². The first-order chi connectivity index (χ1) is 12.6. The second-order valence-electron chi connectivity index (χ2n) is 7.01. The van der Waals surface area contributed by atoms with E-state index in [1.165, 1.54) is 0 Å². The molecule has 2 aromatic rings. The molecule has 26 heavy (non-hydrogen) atoms. The zero-order chi connectivity index (χ0) is 18.1. The Morgan fingerprint density at radius 3 is 2.69 bits per heavy atom. The van der Waals surface area contributed by atoms with Crippen molar-refractivity contribution in [1.29, 1.82) is 0 Å². The molecule has 0 spiro atoms. The SMILES string of the molecule is Cc1cc(C)n(-c2ccc(C(=O)N3CCCC(C4OCCO4)C3)cn2)n1. The van der Waals surface area contributed by atoms with Crippen molar-refractivity contribution < 1.29 is 14.3 Å². The molecule has 1 amide bonds. The number of amides is 1. The monoisotopic (exact) mass is 356 g/mol. The second kappa shape index (κ2) is 7.17. The van der Waals surface area contributed by atoms with Crippen molar-refractivity contribution in [2.24, 2.45) is 5.92 Å². The van der Waals surface area contributed by atoms with E-state index in [9.17, 15) is 4.79 Å². The molecule has 2 aliphatic rings. The summed E-state index contributed by atoms with van der Waals surface area (Å²) in [6, 6.07) is 5.67. The summed E-state index contributed by atoms with van der Waals surface area (Å²) in [6.07, 6.45) is 3.47. The minimum absolute atomic E-state index is 0.0140. The number of carbonyl (C=O) groups is 1. The number of aromatic nitrogens is 3. The first-order valence-electron chi connectivity index (χ1n) is 9.14. The summed E-state index contributed by atoms with van der Waals surface area (Å²) >= 11 is 0. The van der Waals surface area contributed by atoms with Gasteiger partial charge in [0.25, 0.3) is 5.91 Å². The molecule has 1 unspecified atom stereocenters. The van der Waals surface area contributed by atoms with Gasteiger partial charge < -0.3 is 14.4 Å². The van der Waals surface area contributed by atoms with Crippen LogP contribution >= 0.6 is 0 Å². The van der Waals surface area contributed by atoms with Crippen LogP contribution in [-0.2, 0) is 9.47 Å². The maximum Gasteiger partial charge on any atom is 0.255 e. The van der Waals surface area contributed by atoms with Gasteiger partial charge >= 0.3 is 0 Å². The van der Waals surface area contributed by atoms with Gasteiger partial charge in [-0.1, -0.05) is 0 Å². The fourth-order valence-electron chi connectivity index (χ4n) is 3.75. The van der Waals surface area contributed by atoms with E-state index in [4.69, 9.17) is 9.47 Å². The second-order valence-corrected chi connectivity index (χ2v) is 7.01. The first-order valence-corrected chi connectivity index (χ1v) is 9.14. The van der Waals surface area contributed by atoms with Crippen molar-refractivity contribution in [3.63, 3.8) is 0 Å². The van der Waals surface area contributed by atoms with E-state index in [0.717, 1.165) is 36.6 Å². The molecule has 1 atom stereocenters. The maximum atomic E-state index is 12.9. The van der Waals surface area contributed by atoms with Gasteiger partial charge in [-0.15, -0.1) is 0 Å². The quantitative estimate of drug-likeness (QED) is 0.842. The summed E-state index contributed by atoms with van der Waals surface area (Å²) in [5.74, 6) is 0.980. The summed E-state index contributed by atoms with van der Waals surface area (Å²) in [5.41, 5.74) is 2.56. The fourth-order valence-corrected chi connectivity index (χ4v) is 3.75. The number of nitrogens with zero attached hydrogens (tertiary/aromatic N) is 4. The first kappa shape index (κ1) is 17.2. The van der Waals surface area contributed by atoms with Crippen LogP contribution < -0.4 is 0 Å².